The van der Waals surface area contributed by atoms with Gasteiger partial charge in [0.05, 0.1) is 5.56 Å². The summed E-state index contributed by atoms with van der Waals surface area (Å²) < 4.78 is 49.8. The lowest BCUT2D eigenvalue weighted by Gasteiger charge is -2.22. The zero-order valence-corrected chi connectivity index (χ0v) is 12.0. The highest BCUT2D eigenvalue weighted by atomic mass is 19.4. The molecule has 0 radical (unpaired) electrons. The third kappa shape index (κ3) is 5.34. The summed E-state index contributed by atoms with van der Waals surface area (Å²) in [5.41, 5.74) is -0.281. The van der Waals surface area contributed by atoms with Crippen LogP contribution in [-0.4, -0.2) is 30.6 Å². The molecule has 0 saturated carbocycles. The van der Waals surface area contributed by atoms with Crippen LogP contribution < -0.4 is 10.6 Å². The Morgan fingerprint density at radius 1 is 1.18 bits per heavy atom. The quantitative estimate of drug-likeness (QED) is 0.818. The summed E-state index contributed by atoms with van der Waals surface area (Å²) in [5, 5.41) is 3.95. The van der Waals surface area contributed by atoms with Crippen molar-refractivity contribution in [3.63, 3.8) is 0 Å². The van der Waals surface area contributed by atoms with E-state index in [1.165, 1.54) is 18.2 Å². The van der Waals surface area contributed by atoms with Crippen molar-refractivity contribution < 1.29 is 27.2 Å². The highest BCUT2D eigenvalue weighted by Gasteiger charge is 2.31. The maximum atomic E-state index is 13.5. The van der Waals surface area contributed by atoms with E-state index in [-0.39, 0.29) is 5.56 Å². The van der Waals surface area contributed by atoms with E-state index in [0.717, 1.165) is 6.07 Å². The molecule has 0 bridgehead atoms. The molecular weight excluding hydrogens is 304 g/mol. The Hall–Kier alpha value is -2.12. The number of carbonyl (C=O) groups is 2. The van der Waals surface area contributed by atoms with E-state index >= 15 is 0 Å². The second-order valence-electron chi connectivity index (χ2n) is 5.01. The fourth-order valence-electron chi connectivity index (χ4n) is 1.70. The minimum atomic E-state index is -4.55. The van der Waals surface area contributed by atoms with Gasteiger partial charge in [0.15, 0.2) is 0 Å². The molecule has 122 valence electrons. The van der Waals surface area contributed by atoms with Gasteiger partial charge in [-0.3, -0.25) is 9.59 Å². The van der Waals surface area contributed by atoms with E-state index in [9.17, 15) is 27.2 Å². The van der Waals surface area contributed by atoms with Crippen molar-refractivity contribution in [1.29, 1.82) is 0 Å². The average molecular weight is 320 g/mol. The maximum Gasteiger partial charge on any atom is 0.405 e. The lowest BCUT2D eigenvalue weighted by molar-refractivity contribution is -0.140. The zero-order chi connectivity index (χ0) is 16.9. The summed E-state index contributed by atoms with van der Waals surface area (Å²) in [7, 11) is 0. The molecule has 2 amide bonds. The van der Waals surface area contributed by atoms with E-state index in [0.29, 0.717) is 0 Å². The molecule has 1 aromatic rings. The molecule has 1 atom stereocenters. The Morgan fingerprint density at radius 3 is 2.27 bits per heavy atom. The minimum Gasteiger partial charge on any atom is -0.345 e. The zero-order valence-electron chi connectivity index (χ0n) is 12.0. The molecular formula is C14H16F4N2O2. The van der Waals surface area contributed by atoms with E-state index < -0.39 is 42.3 Å². The monoisotopic (exact) mass is 320 g/mol. The van der Waals surface area contributed by atoms with E-state index in [2.05, 4.69) is 5.32 Å². The van der Waals surface area contributed by atoms with Crippen LogP contribution in [0.1, 0.15) is 24.2 Å². The van der Waals surface area contributed by atoms with Crippen molar-refractivity contribution >= 4 is 11.8 Å². The second-order valence-corrected chi connectivity index (χ2v) is 5.01. The third-order valence-corrected chi connectivity index (χ3v) is 2.82. The standard InChI is InChI=1S/C14H16F4N2O2/c1-8(2)11(13(22)19-7-14(16,17)18)20-12(21)9-5-3-4-6-10(9)15/h3-6,8,11H,7H2,1-2H3,(H,19,22)(H,20,21). The first-order valence-corrected chi connectivity index (χ1v) is 6.51. The van der Waals surface area contributed by atoms with Crippen molar-refractivity contribution in [2.75, 3.05) is 6.54 Å². The molecule has 8 heteroatoms. The molecule has 0 aromatic heterocycles. The van der Waals surface area contributed by atoms with Crippen LogP contribution in [0.5, 0.6) is 0 Å². The second kappa shape index (κ2) is 7.24. The highest BCUT2D eigenvalue weighted by Crippen LogP contribution is 2.13. The molecule has 0 aliphatic heterocycles. The van der Waals surface area contributed by atoms with Gasteiger partial charge in [0.25, 0.3) is 5.91 Å². The van der Waals surface area contributed by atoms with Gasteiger partial charge in [0.2, 0.25) is 5.91 Å². The molecule has 0 fully saturated rings. The van der Waals surface area contributed by atoms with Crippen molar-refractivity contribution in [3.8, 4) is 0 Å². The SMILES string of the molecule is CC(C)C(NC(=O)c1ccccc1F)C(=O)NCC(F)(F)F. The van der Waals surface area contributed by atoms with Gasteiger partial charge in [0.1, 0.15) is 18.4 Å². The molecule has 0 aliphatic rings. The molecule has 0 aliphatic carbocycles. The summed E-state index contributed by atoms with van der Waals surface area (Å²) in [6, 6.07) is 3.92. The smallest absolute Gasteiger partial charge is 0.345 e. The highest BCUT2D eigenvalue weighted by molar-refractivity contribution is 5.97. The Bertz CT molecular complexity index is 544. The maximum absolute atomic E-state index is 13.5. The molecule has 0 heterocycles. The van der Waals surface area contributed by atoms with Crippen LogP contribution in [0.2, 0.25) is 0 Å². The number of rotatable bonds is 5. The minimum absolute atomic E-state index is 0.281. The van der Waals surface area contributed by atoms with Crippen LogP contribution in [0.15, 0.2) is 24.3 Å². The molecule has 22 heavy (non-hydrogen) atoms. The lowest BCUT2D eigenvalue weighted by atomic mass is 10.0. The number of benzene rings is 1. The summed E-state index contributed by atoms with van der Waals surface area (Å²) >= 11 is 0. The Morgan fingerprint density at radius 2 is 1.77 bits per heavy atom. The third-order valence-electron chi connectivity index (χ3n) is 2.82. The predicted molar refractivity (Wildman–Crippen MR) is 71.6 cm³/mol. The van der Waals surface area contributed by atoms with Crippen molar-refractivity contribution in [3.05, 3.63) is 35.6 Å². The molecule has 1 unspecified atom stereocenters. The summed E-state index contributed by atoms with van der Waals surface area (Å²) in [6.45, 7) is 1.61. The van der Waals surface area contributed by atoms with Crippen molar-refractivity contribution in [1.82, 2.24) is 10.6 Å². The number of halogens is 4. The number of alkyl halides is 3. The number of amides is 2. The van der Waals surface area contributed by atoms with Crippen LogP contribution >= 0.6 is 0 Å². The van der Waals surface area contributed by atoms with Crippen LogP contribution in [0, 0.1) is 11.7 Å². The molecule has 2 N–H and O–H groups in total. The number of hydrogen-bond acceptors (Lipinski definition) is 2. The fourth-order valence-corrected chi connectivity index (χ4v) is 1.70. The van der Waals surface area contributed by atoms with Crippen LogP contribution in [0.25, 0.3) is 0 Å². The van der Waals surface area contributed by atoms with Gasteiger partial charge >= 0.3 is 6.18 Å². The van der Waals surface area contributed by atoms with E-state index in [4.69, 9.17) is 0 Å². The first-order valence-electron chi connectivity index (χ1n) is 6.51. The molecule has 4 nitrogen and oxygen atoms in total. The first-order chi connectivity index (χ1) is 10.1. The Labute approximate surface area is 124 Å². The van der Waals surface area contributed by atoms with Gasteiger partial charge in [-0.1, -0.05) is 26.0 Å². The van der Waals surface area contributed by atoms with Crippen LogP contribution in [0.4, 0.5) is 17.6 Å². The number of nitrogens with one attached hydrogen (secondary N) is 2. The molecule has 0 saturated heterocycles. The van der Waals surface area contributed by atoms with E-state index in [1.54, 1.807) is 19.2 Å². The van der Waals surface area contributed by atoms with Crippen LogP contribution in [0.3, 0.4) is 0 Å². The van der Waals surface area contributed by atoms with E-state index in [1.807, 2.05) is 0 Å². The number of hydrogen-bond donors (Lipinski definition) is 2. The van der Waals surface area contributed by atoms with Gasteiger partial charge in [-0.2, -0.15) is 13.2 Å². The molecule has 1 aromatic carbocycles. The van der Waals surface area contributed by atoms with Gasteiger partial charge in [-0.25, -0.2) is 4.39 Å². The predicted octanol–water partition coefficient (Wildman–Crippen LogP) is 2.26. The Kier molecular flexibility index (Phi) is 5.90. The van der Waals surface area contributed by atoms with Crippen molar-refractivity contribution in [2.45, 2.75) is 26.1 Å². The van der Waals surface area contributed by atoms with Crippen molar-refractivity contribution in [2.24, 2.45) is 5.92 Å². The number of carbonyl (C=O) groups excluding carboxylic acids is 2. The summed E-state index contributed by atoms with van der Waals surface area (Å²) in [6.07, 6.45) is -4.55. The van der Waals surface area contributed by atoms with Gasteiger partial charge in [-0.15, -0.1) is 0 Å². The van der Waals surface area contributed by atoms with Gasteiger partial charge in [0, 0.05) is 0 Å². The summed E-state index contributed by atoms with van der Waals surface area (Å²) in [5.74, 6) is -3.09. The molecule has 1 rings (SSSR count). The van der Waals surface area contributed by atoms with Gasteiger partial charge < -0.3 is 10.6 Å². The average Bonchev–Trinajstić information content (AvgIpc) is 2.41. The topological polar surface area (TPSA) is 58.2 Å². The van der Waals surface area contributed by atoms with Crippen LogP contribution in [-0.2, 0) is 4.79 Å². The van der Waals surface area contributed by atoms with Gasteiger partial charge in [-0.05, 0) is 18.1 Å². The largest absolute Gasteiger partial charge is 0.405 e. The normalized spacial score (nSPS) is 12.9. The summed E-state index contributed by atoms with van der Waals surface area (Å²) in [4.78, 5) is 23.7. The first kappa shape index (κ1) is 17.9. The molecule has 0 spiro atoms. The fraction of sp³-hybridized carbons (Fsp3) is 0.429. The Balaban J connectivity index is 2.78. The lowest BCUT2D eigenvalue weighted by Crippen LogP contribution is -2.51.